The van der Waals surface area contributed by atoms with Crippen LogP contribution in [0.5, 0.6) is 0 Å². The third-order valence-electron chi connectivity index (χ3n) is 2.36. The molecule has 100 valence electrons. The summed E-state index contributed by atoms with van der Waals surface area (Å²) in [6, 6.07) is -0.0360. The number of hydrogen-bond acceptors (Lipinski definition) is 3. The first-order valence-electron chi connectivity index (χ1n) is 6.34. The van der Waals surface area contributed by atoms with E-state index in [0.29, 0.717) is 32.7 Å². The summed E-state index contributed by atoms with van der Waals surface area (Å²) in [6.07, 6.45) is 2.01. The Morgan fingerprint density at radius 1 is 1.18 bits per heavy atom. The van der Waals surface area contributed by atoms with E-state index in [-0.39, 0.29) is 12.0 Å². The van der Waals surface area contributed by atoms with Crippen LogP contribution in [-0.4, -0.2) is 43.1 Å². The average molecular weight is 244 g/mol. The molecule has 5 nitrogen and oxygen atoms in total. The minimum absolute atomic E-state index is 0.0360. The standard InChI is InChI=1S/C12H24N2O3/c1-4-13-12(16)14(5-2)10-8-7-9-11(15)17-6-3/h4-10H2,1-3H3,(H,13,16). The Morgan fingerprint density at radius 2 is 1.88 bits per heavy atom. The van der Waals surface area contributed by atoms with Gasteiger partial charge in [-0.05, 0) is 33.6 Å². The topological polar surface area (TPSA) is 58.6 Å². The van der Waals surface area contributed by atoms with E-state index < -0.39 is 0 Å². The Balaban J connectivity index is 3.70. The Hall–Kier alpha value is -1.26. The fourth-order valence-corrected chi connectivity index (χ4v) is 1.47. The van der Waals surface area contributed by atoms with Crippen LogP contribution in [0.15, 0.2) is 0 Å². The zero-order chi connectivity index (χ0) is 13.1. The Kier molecular flexibility index (Phi) is 9.19. The first-order chi connectivity index (χ1) is 8.15. The molecule has 0 aliphatic rings. The van der Waals surface area contributed by atoms with Gasteiger partial charge in [-0.15, -0.1) is 0 Å². The minimum atomic E-state index is -0.159. The van der Waals surface area contributed by atoms with E-state index in [1.54, 1.807) is 11.8 Å². The Morgan fingerprint density at radius 3 is 2.41 bits per heavy atom. The SMILES string of the molecule is CCNC(=O)N(CC)CCCCC(=O)OCC. The molecule has 0 atom stereocenters. The Labute approximate surface area is 103 Å². The smallest absolute Gasteiger partial charge is 0.317 e. The first-order valence-corrected chi connectivity index (χ1v) is 6.34. The van der Waals surface area contributed by atoms with Crippen LogP contribution in [0, 0.1) is 0 Å². The molecular formula is C12H24N2O3. The zero-order valence-electron chi connectivity index (χ0n) is 11.1. The van der Waals surface area contributed by atoms with Gasteiger partial charge in [0.2, 0.25) is 0 Å². The van der Waals surface area contributed by atoms with Gasteiger partial charge in [0, 0.05) is 26.1 Å². The number of amides is 2. The summed E-state index contributed by atoms with van der Waals surface area (Å²) in [5.41, 5.74) is 0. The van der Waals surface area contributed by atoms with Gasteiger partial charge in [0.05, 0.1) is 6.61 Å². The summed E-state index contributed by atoms with van der Waals surface area (Å²) < 4.78 is 4.83. The highest BCUT2D eigenvalue weighted by atomic mass is 16.5. The second kappa shape index (κ2) is 9.93. The van der Waals surface area contributed by atoms with Crippen LogP contribution >= 0.6 is 0 Å². The van der Waals surface area contributed by atoms with Crippen molar-refractivity contribution in [3.63, 3.8) is 0 Å². The maximum Gasteiger partial charge on any atom is 0.317 e. The lowest BCUT2D eigenvalue weighted by Crippen LogP contribution is -2.40. The van der Waals surface area contributed by atoms with E-state index in [1.165, 1.54) is 0 Å². The lowest BCUT2D eigenvalue weighted by Gasteiger charge is -2.20. The van der Waals surface area contributed by atoms with Gasteiger partial charge >= 0.3 is 12.0 Å². The number of hydrogen-bond donors (Lipinski definition) is 1. The molecule has 2 amide bonds. The van der Waals surface area contributed by atoms with Gasteiger partial charge in [-0.3, -0.25) is 4.79 Å². The molecule has 1 N–H and O–H groups in total. The lowest BCUT2D eigenvalue weighted by molar-refractivity contribution is -0.143. The highest BCUT2D eigenvalue weighted by Crippen LogP contribution is 2.01. The number of ether oxygens (including phenoxy) is 1. The van der Waals surface area contributed by atoms with E-state index in [4.69, 9.17) is 4.74 Å². The number of nitrogens with one attached hydrogen (secondary N) is 1. The van der Waals surface area contributed by atoms with Gasteiger partial charge < -0.3 is 15.0 Å². The fraction of sp³-hybridized carbons (Fsp3) is 0.833. The summed E-state index contributed by atoms with van der Waals surface area (Å²) in [6.45, 7) is 8.07. The first kappa shape index (κ1) is 15.7. The van der Waals surface area contributed by atoms with E-state index in [1.807, 2.05) is 13.8 Å². The molecule has 0 fully saturated rings. The second-order valence-corrected chi connectivity index (χ2v) is 3.68. The molecule has 0 rings (SSSR count). The van der Waals surface area contributed by atoms with Crippen molar-refractivity contribution >= 4 is 12.0 Å². The fourth-order valence-electron chi connectivity index (χ4n) is 1.47. The molecule has 0 aliphatic heterocycles. The van der Waals surface area contributed by atoms with E-state index in [0.717, 1.165) is 12.8 Å². The molecule has 0 aliphatic carbocycles. The van der Waals surface area contributed by atoms with E-state index in [9.17, 15) is 9.59 Å². The predicted octanol–water partition coefficient (Wildman–Crippen LogP) is 1.77. The van der Waals surface area contributed by atoms with Crippen molar-refractivity contribution in [1.29, 1.82) is 0 Å². The molecule has 0 spiro atoms. The van der Waals surface area contributed by atoms with Crippen LogP contribution < -0.4 is 5.32 Å². The summed E-state index contributed by atoms with van der Waals surface area (Å²) >= 11 is 0. The largest absolute Gasteiger partial charge is 0.466 e. The highest BCUT2D eigenvalue weighted by Gasteiger charge is 2.09. The lowest BCUT2D eigenvalue weighted by atomic mass is 10.2. The molecule has 0 unspecified atom stereocenters. The number of urea groups is 1. The monoisotopic (exact) mass is 244 g/mol. The molecule has 0 saturated carbocycles. The van der Waals surface area contributed by atoms with Crippen molar-refractivity contribution in [2.75, 3.05) is 26.2 Å². The van der Waals surface area contributed by atoms with Crippen LogP contribution in [0.1, 0.15) is 40.0 Å². The van der Waals surface area contributed by atoms with Crippen LogP contribution in [0.25, 0.3) is 0 Å². The molecule has 0 aromatic heterocycles. The Bertz CT molecular complexity index is 232. The van der Waals surface area contributed by atoms with E-state index in [2.05, 4.69) is 5.32 Å². The molecule has 0 bridgehead atoms. The second-order valence-electron chi connectivity index (χ2n) is 3.68. The third kappa shape index (κ3) is 7.60. The molecule has 5 heteroatoms. The number of esters is 1. The molecule has 0 aromatic carbocycles. The van der Waals surface area contributed by atoms with Crippen molar-refractivity contribution in [3.05, 3.63) is 0 Å². The molecule has 0 radical (unpaired) electrons. The normalized spacial score (nSPS) is 9.82. The van der Waals surface area contributed by atoms with Gasteiger partial charge in [-0.1, -0.05) is 0 Å². The summed E-state index contributed by atoms with van der Waals surface area (Å²) in [5, 5.41) is 2.76. The number of unbranched alkanes of at least 4 members (excludes halogenated alkanes) is 1. The van der Waals surface area contributed by atoms with Crippen molar-refractivity contribution in [2.45, 2.75) is 40.0 Å². The van der Waals surface area contributed by atoms with Crippen LogP contribution in [0.2, 0.25) is 0 Å². The summed E-state index contributed by atoms with van der Waals surface area (Å²) in [4.78, 5) is 24.4. The number of carbonyl (C=O) groups is 2. The van der Waals surface area contributed by atoms with Gasteiger partial charge in [0.15, 0.2) is 0 Å². The summed E-state index contributed by atoms with van der Waals surface area (Å²) in [7, 11) is 0. The quantitative estimate of drug-likeness (QED) is 0.523. The molecule has 0 heterocycles. The van der Waals surface area contributed by atoms with Crippen LogP contribution in [-0.2, 0) is 9.53 Å². The van der Waals surface area contributed by atoms with Crippen LogP contribution in [0.3, 0.4) is 0 Å². The molecule has 0 saturated heterocycles. The van der Waals surface area contributed by atoms with Crippen molar-refractivity contribution in [1.82, 2.24) is 10.2 Å². The predicted molar refractivity (Wildman–Crippen MR) is 66.8 cm³/mol. The maximum atomic E-state index is 11.5. The van der Waals surface area contributed by atoms with Gasteiger partial charge in [0.1, 0.15) is 0 Å². The van der Waals surface area contributed by atoms with Gasteiger partial charge in [0.25, 0.3) is 0 Å². The molecular weight excluding hydrogens is 220 g/mol. The molecule has 0 aromatic rings. The highest BCUT2D eigenvalue weighted by molar-refractivity contribution is 5.74. The van der Waals surface area contributed by atoms with Crippen molar-refractivity contribution in [3.8, 4) is 0 Å². The average Bonchev–Trinajstić information content (AvgIpc) is 2.29. The van der Waals surface area contributed by atoms with Crippen molar-refractivity contribution < 1.29 is 14.3 Å². The third-order valence-corrected chi connectivity index (χ3v) is 2.36. The van der Waals surface area contributed by atoms with Gasteiger partial charge in [-0.25, -0.2) is 4.79 Å². The van der Waals surface area contributed by atoms with Gasteiger partial charge in [-0.2, -0.15) is 0 Å². The van der Waals surface area contributed by atoms with Crippen LogP contribution in [0.4, 0.5) is 4.79 Å². The number of rotatable bonds is 8. The van der Waals surface area contributed by atoms with E-state index >= 15 is 0 Å². The maximum absolute atomic E-state index is 11.5. The molecule has 17 heavy (non-hydrogen) atoms. The number of nitrogens with zero attached hydrogens (tertiary/aromatic N) is 1. The minimum Gasteiger partial charge on any atom is -0.466 e. The summed E-state index contributed by atoms with van der Waals surface area (Å²) in [5.74, 6) is -0.159. The zero-order valence-corrected chi connectivity index (χ0v) is 11.1. The van der Waals surface area contributed by atoms with Crippen molar-refractivity contribution in [2.24, 2.45) is 0 Å². The number of carbonyl (C=O) groups excluding carboxylic acids is 2.